The first kappa shape index (κ1) is 18.4. The first-order valence-corrected chi connectivity index (χ1v) is 9.16. The average Bonchev–Trinajstić information content (AvgIpc) is 3.47. The second kappa shape index (κ2) is 6.90. The number of piperazine rings is 1. The smallest absolute Gasteiger partial charge is 0.341 e. The van der Waals surface area contributed by atoms with Gasteiger partial charge in [0.25, 0.3) is 0 Å². The van der Waals surface area contributed by atoms with E-state index in [0.29, 0.717) is 37.4 Å². The maximum absolute atomic E-state index is 14.8. The van der Waals surface area contributed by atoms with Gasteiger partial charge in [0.15, 0.2) is 0 Å². The summed E-state index contributed by atoms with van der Waals surface area (Å²) in [7, 11) is 0. The molecule has 1 saturated heterocycles. The lowest BCUT2D eigenvalue weighted by Gasteiger charge is -2.35. The van der Waals surface area contributed by atoms with Gasteiger partial charge in [-0.05, 0) is 25.0 Å². The number of pyridine rings is 1. The van der Waals surface area contributed by atoms with Crippen LogP contribution in [0.1, 0.15) is 29.2 Å². The zero-order valence-corrected chi connectivity index (χ0v) is 15.1. The van der Waals surface area contributed by atoms with E-state index < -0.39 is 23.2 Å². The molecule has 9 heteroatoms. The van der Waals surface area contributed by atoms with Crippen LogP contribution in [0.5, 0.6) is 0 Å². The topological polar surface area (TPSA) is 103 Å². The van der Waals surface area contributed by atoms with Gasteiger partial charge in [-0.15, -0.1) is 0 Å². The molecule has 2 fully saturated rings. The molecule has 8 nitrogen and oxygen atoms in total. The molecule has 1 aliphatic heterocycles. The maximum atomic E-state index is 14.8. The Morgan fingerprint density at radius 1 is 1.11 bits per heavy atom. The van der Waals surface area contributed by atoms with Crippen molar-refractivity contribution < 1.29 is 24.2 Å². The molecule has 0 atom stereocenters. The van der Waals surface area contributed by atoms with Crippen molar-refractivity contribution in [2.75, 3.05) is 37.6 Å². The number of hydrogen-bond acceptors (Lipinski definition) is 5. The van der Waals surface area contributed by atoms with Gasteiger partial charge in [0.1, 0.15) is 11.4 Å². The monoisotopic (exact) mass is 389 g/mol. The Hall–Kier alpha value is -2.94. The summed E-state index contributed by atoms with van der Waals surface area (Å²) in [6, 6.07) is 2.86. The molecule has 1 aromatic carbocycles. The Kier molecular flexibility index (Phi) is 4.54. The molecule has 1 aliphatic carbocycles. The van der Waals surface area contributed by atoms with Gasteiger partial charge < -0.3 is 19.7 Å². The van der Waals surface area contributed by atoms with Crippen molar-refractivity contribution in [3.63, 3.8) is 0 Å². The molecule has 4 rings (SSSR count). The molecule has 2 aromatic rings. The molecule has 28 heavy (non-hydrogen) atoms. The van der Waals surface area contributed by atoms with Crippen LogP contribution in [0.2, 0.25) is 0 Å². The number of hydrogen-bond donors (Lipinski definition) is 2. The molecular weight excluding hydrogens is 369 g/mol. The summed E-state index contributed by atoms with van der Waals surface area (Å²) in [5, 5.41) is 18.3. The van der Waals surface area contributed by atoms with Crippen molar-refractivity contribution in [2.24, 2.45) is 0 Å². The van der Waals surface area contributed by atoms with Gasteiger partial charge in [-0.25, -0.2) is 9.18 Å². The number of aliphatic carboxylic acids is 1. The van der Waals surface area contributed by atoms with Crippen LogP contribution < -0.4 is 10.3 Å². The molecule has 2 N–H and O–H groups in total. The minimum Gasteiger partial charge on any atom is -0.480 e. The highest BCUT2D eigenvalue weighted by atomic mass is 19.1. The lowest BCUT2D eigenvalue weighted by Crippen LogP contribution is -2.48. The number of anilines is 1. The summed E-state index contributed by atoms with van der Waals surface area (Å²) in [6.45, 7) is 1.88. The fourth-order valence-corrected chi connectivity index (χ4v) is 3.75. The Morgan fingerprint density at radius 3 is 2.36 bits per heavy atom. The van der Waals surface area contributed by atoms with E-state index in [1.54, 1.807) is 15.5 Å². The average molecular weight is 389 g/mol. The van der Waals surface area contributed by atoms with Crippen molar-refractivity contribution in [2.45, 2.75) is 18.9 Å². The normalized spacial score (nSPS) is 17.8. The minimum absolute atomic E-state index is 0.0484. The molecule has 1 saturated carbocycles. The van der Waals surface area contributed by atoms with Gasteiger partial charge in [0.05, 0.1) is 17.7 Å². The molecular formula is C19H20FN3O5. The Balaban J connectivity index is 1.73. The summed E-state index contributed by atoms with van der Waals surface area (Å²) in [5.41, 5.74) is -0.161. The molecule has 0 radical (unpaired) electrons. The molecule has 0 amide bonds. The zero-order valence-electron chi connectivity index (χ0n) is 15.1. The highest BCUT2D eigenvalue weighted by Crippen LogP contribution is 2.38. The van der Waals surface area contributed by atoms with E-state index in [1.807, 2.05) is 4.90 Å². The second-order valence-corrected chi connectivity index (χ2v) is 7.29. The van der Waals surface area contributed by atoms with Crippen LogP contribution in [0.3, 0.4) is 0 Å². The van der Waals surface area contributed by atoms with Crippen molar-refractivity contribution in [1.82, 2.24) is 9.47 Å². The summed E-state index contributed by atoms with van der Waals surface area (Å²) in [6.07, 6.45) is 3.13. The first-order valence-electron chi connectivity index (χ1n) is 9.16. The third-order valence-corrected chi connectivity index (χ3v) is 5.34. The zero-order chi connectivity index (χ0) is 20.0. The van der Waals surface area contributed by atoms with Crippen LogP contribution in [0.25, 0.3) is 10.9 Å². The second-order valence-electron chi connectivity index (χ2n) is 7.29. The predicted octanol–water partition coefficient (Wildman–Crippen LogP) is 1.38. The summed E-state index contributed by atoms with van der Waals surface area (Å²) in [5.74, 6) is -2.80. The van der Waals surface area contributed by atoms with E-state index >= 15 is 0 Å². The highest BCUT2D eigenvalue weighted by molar-refractivity contribution is 5.93. The number of benzene rings is 1. The van der Waals surface area contributed by atoms with E-state index in [4.69, 9.17) is 5.11 Å². The summed E-state index contributed by atoms with van der Waals surface area (Å²) < 4.78 is 16.6. The SMILES string of the molecule is O=C(O)CN1CCN(c2cc3c(cc2F)c(=O)c(C(=O)O)cn3C2CC2)CC1. The number of halogens is 1. The number of fused-ring (bicyclic) bond motifs is 1. The Labute approximate surface area is 159 Å². The van der Waals surface area contributed by atoms with Crippen molar-refractivity contribution in [3.05, 3.63) is 39.9 Å². The van der Waals surface area contributed by atoms with E-state index in [1.165, 1.54) is 6.20 Å². The quantitative estimate of drug-likeness (QED) is 0.796. The van der Waals surface area contributed by atoms with E-state index in [-0.39, 0.29) is 23.5 Å². The third-order valence-electron chi connectivity index (χ3n) is 5.34. The van der Waals surface area contributed by atoms with Crippen LogP contribution >= 0.6 is 0 Å². The lowest BCUT2D eigenvalue weighted by atomic mass is 10.1. The van der Waals surface area contributed by atoms with Gasteiger partial charge >= 0.3 is 11.9 Å². The van der Waals surface area contributed by atoms with Gasteiger partial charge in [0, 0.05) is 43.8 Å². The largest absolute Gasteiger partial charge is 0.480 e. The summed E-state index contributed by atoms with van der Waals surface area (Å²) >= 11 is 0. The number of carbonyl (C=O) groups is 2. The number of aromatic carboxylic acids is 1. The molecule has 148 valence electrons. The fourth-order valence-electron chi connectivity index (χ4n) is 3.75. The van der Waals surface area contributed by atoms with E-state index in [0.717, 1.165) is 18.9 Å². The Bertz CT molecular complexity index is 1020. The minimum atomic E-state index is -1.32. The van der Waals surface area contributed by atoms with Gasteiger partial charge in [-0.2, -0.15) is 0 Å². The Morgan fingerprint density at radius 2 is 1.79 bits per heavy atom. The standard InChI is InChI=1S/C19H20FN3O5/c20-14-7-12-15(23(11-1-2-11)9-13(18(12)26)19(27)28)8-16(14)22-5-3-21(4-6-22)10-17(24)25/h7-9,11H,1-6,10H2,(H,24,25)(H,27,28). The van der Waals surface area contributed by atoms with E-state index in [2.05, 4.69) is 0 Å². The molecule has 0 unspecified atom stereocenters. The van der Waals surface area contributed by atoms with E-state index in [9.17, 15) is 23.9 Å². The molecule has 0 bridgehead atoms. The number of carboxylic acids is 2. The molecule has 0 spiro atoms. The van der Waals surface area contributed by atoms with Crippen LogP contribution in [0.4, 0.5) is 10.1 Å². The number of carboxylic acid groups (broad SMARTS) is 2. The van der Waals surface area contributed by atoms with Crippen molar-refractivity contribution in [1.29, 1.82) is 0 Å². The number of nitrogens with zero attached hydrogens (tertiary/aromatic N) is 3. The first-order chi connectivity index (χ1) is 13.3. The lowest BCUT2D eigenvalue weighted by molar-refractivity contribution is -0.138. The molecule has 2 aliphatic rings. The van der Waals surface area contributed by atoms with Crippen LogP contribution in [0.15, 0.2) is 23.1 Å². The fraction of sp³-hybridized carbons (Fsp3) is 0.421. The van der Waals surface area contributed by atoms with Crippen LogP contribution in [-0.4, -0.2) is 64.3 Å². The van der Waals surface area contributed by atoms with Crippen LogP contribution in [0, 0.1) is 5.82 Å². The van der Waals surface area contributed by atoms with Gasteiger partial charge in [-0.1, -0.05) is 0 Å². The van der Waals surface area contributed by atoms with Gasteiger partial charge in [-0.3, -0.25) is 14.5 Å². The predicted molar refractivity (Wildman–Crippen MR) is 99.7 cm³/mol. The summed E-state index contributed by atoms with van der Waals surface area (Å²) in [4.78, 5) is 38.4. The van der Waals surface area contributed by atoms with Crippen molar-refractivity contribution in [3.8, 4) is 0 Å². The van der Waals surface area contributed by atoms with Crippen LogP contribution in [-0.2, 0) is 4.79 Å². The maximum Gasteiger partial charge on any atom is 0.341 e. The highest BCUT2D eigenvalue weighted by Gasteiger charge is 2.28. The number of rotatable bonds is 5. The van der Waals surface area contributed by atoms with Crippen molar-refractivity contribution >= 4 is 28.5 Å². The number of aromatic nitrogens is 1. The van der Waals surface area contributed by atoms with Gasteiger partial charge in [0.2, 0.25) is 5.43 Å². The third kappa shape index (κ3) is 3.33. The molecule has 1 aromatic heterocycles. The molecule has 2 heterocycles.